The zero-order chi connectivity index (χ0) is 14.4. The second kappa shape index (κ2) is 7.31. The van der Waals surface area contributed by atoms with Gasteiger partial charge in [0, 0.05) is 35.9 Å². The second-order valence-electron chi connectivity index (χ2n) is 4.70. The lowest BCUT2D eigenvalue weighted by molar-refractivity contribution is 0.302. The number of ether oxygens (including phenoxy) is 1. The average molecular weight is 294 g/mol. The summed E-state index contributed by atoms with van der Waals surface area (Å²) >= 11 is 6.26. The zero-order valence-corrected chi connectivity index (χ0v) is 12.7. The number of aryl methyl sites for hydroxylation is 1. The predicted octanol–water partition coefficient (Wildman–Crippen LogP) is 3.15. The van der Waals surface area contributed by atoms with E-state index in [0.717, 1.165) is 41.4 Å². The van der Waals surface area contributed by atoms with Crippen LogP contribution in [0.3, 0.4) is 0 Å². The Labute approximate surface area is 124 Å². The van der Waals surface area contributed by atoms with E-state index in [0.29, 0.717) is 6.61 Å². The maximum atomic E-state index is 6.26. The van der Waals surface area contributed by atoms with E-state index < -0.39 is 0 Å². The first-order chi connectivity index (χ1) is 9.70. The standard InChI is InChI=1S/C15H20ClN3O/c1-3-7-17-9-13-14(16)5-4-6-15(13)20-11-12-8-18-19(2)10-12/h4-6,8,10,17H,3,7,9,11H2,1-2H3. The number of halogens is 1. The molecule has 2 rings (SSSR count). The van der Waals surface area contributed by atoms with Crippen LogP contribution in [0.1, 0.15) is 24.5 Å². The van der Waals surface area contributed by atoms with Gasteiger partial charge in [0.25, 0.3) is 0 Å². The van der Waals surface area contributed by atoms with E-state index in [1.165, 1.54) is 0 Å². The fourth-order valence-corrected chi connectivity index (χ4v) is 2.18. The minimum absolute atomic E-state index is 0.495. The third-order valence-corrected chi connectivity index (χ3v) is 3.31. The van der Waals surface area contributed by atoms with Crippen molar-refractivity contribution < 1.29 is 4.74 Å². The molecule has 1 aromatic carbocycles. The number of rotatable bonds is 7. The number of benzene rings is 1. The van der Waals surface area contributed by atoms with Gasteiger partial charge in [0.15, 0.2) is 0 Å². The summed E-state index contributed by atoms with van der Waals surface area (Å²) < 4.78 is 7.63. The average Bonchev–Trinajstić information content (AvgIpc) is 2.85. The van der Waals surface area contributed by atoms with Crippen molar-refractivity contribution in [2.75, 3.05) is 6.54 Å². The smallest absolute Gasteiger partial charge is 0.125 e. The highest BCUT2D eigenvalue weighted by Gasteiger charge is 2.08. The Morgan fingerprint density at radius 2 is 2.25 bits per heavy atom. The van der Waals surface area contributed by atoms with Crippen LogP contribution in [0.5, 0.6) is 5.75 Å². The first-order valence-electron chi connectivity index (χ1n) is 6.79. The summed E-state index contributed by atoms with van der Waals surface area (Å²) in [5, 5.41) is 8.22. The maximum Gasteiger partial charge on any atom is 0.125 e. The van der Waals surface area contributed by atoms with Crippen molar-refractivity contribution in [2.45, 2.75) is 26.5 Å². The molecule has 0 saturated heterocycles. The van der Waals surface area contributed by atoms with Gasteiger partial charge in [0.2, 0.25) is 0 Å². The van der Waals surface area contributed by atoms with E-state index >= 15 is 0 Å². The molecule has 0 aliphatic rings. The molecule has 0 fully saturated rings. The summed E-state index contributed by atoms with van der Waals surface area (Å²) in [7, 11) is 1.89. The van der Waals surface area contributed by atoms with Crippen LogP contribution in [0, 0.1) is 0 Å². The lowest BCUT2D eigenvalue weighted by atomic mass is 10.2. The van der Waals surface area contributed by atoms with Crippen LogP contribution in [0.25, 0.3) is 0 Å². The summed E-state index contributed by atoms with van der Waals surface area (Å²) in [6.07, 6.45) is 4.84. The van der Waals surface area contributed by atoms with Crippen molar-refractivity contribution in [3.63, 3.8) is 0 Å². The summed E-state index contributed by atoms with van der Waals surface area (Å²) in [4.78, 5) is 0. The van der Waals surface area contributed by atoms with E-state index in [9.17, 15) is 0 Å². The minimum Gasteiger partial charge on any atom is -0.488 e. The molecule has 4 nitrogen and oxygen atoms in total. The van der Waals surface area contributed by atoms with Gasteiger partial charge in [-0.15, -0.1) is 0 Å². The molecule has 0 bridgehead atoms. The van der Waals surface area contributed by atoms with Crippen molar-refractivity contribution >= 4 is 11.6 Å². The van der Waals surface area contributed by atoms with Crippen molar-refractivity contribution in [3.8, 4) is 5.75 Å². The molecular weight excluding hydrogens is 274 g/mol. The normalized spacial score (nSPS) is 10.8. The number of hydrogen-bond acceptors (Lipinski definition) is 3. The molecular formula is C15H20ClN3O. The van der Waals surface area contributed by atoms with Crippen molar-refractivity contribution in [2.24, 2.45) is 7.05 Å². The van der Waals surface area contributed by atoms with Gasteiger partial charge in [-0.2, -0.15) is 5.10 Å². The molecule has 108 valence electrons. The van der Waals surface area contributed by atoms with Gasteiger partial charge < -0.3 is 10.1 Å². The van der Waals surface area contributed by atoms with Gasteiger partial charge in [0.05, 0.1) is 6.20 Å². The van der Waals surface area contributed by atoms with Crippen LogP contribution in [0.15, 0.2) is 30.6 Å². The highest BCUT2D eigenvalue weighted by molar-refractivity contribution is 6.31. The molecule has 0 aliphatic carbocycles. The Balaban J connectivity index is 2.04. The second-order valence-corrected chi connectivity index (χ2v) is 5.11. The highest BCUT2D eigenvalue weighted by atomic mass is 35.5. The zero-order valence-electron chi connectivity index (χ0n) is 11.9. The van der Waals surface area contributed by atoms with Crippen LogP contribution < -0.4 is 10.1 Å². The molecule has 1 aromatic heterocycles. The summed E-state index contributed by atoms with van der Waals surface area (Å²) in [5.74, 6) is 0.824. The van der Waals surface area contributed by atoms with Crippen LogP contribution >= 0.6 is 11.6 Å². The molecule has 0 spiro atoms. The van der Waals surface area contributed by atoms with Crippen LogP contribution in [-0.4, -0.2) is 16.3 Å². The van der Waals surface area contributed by atoms with Gasteiger partial charge in [-0.1, -0.05) is 24.6 Å². The van der Waals surface area contributed by atoms with Crippen molar-refractivity contribution in [3.05, 3.63) is 46.7 Å². The molecule has 0 amide bonds. The number of aromatic nitrogens is 2. The Bertz CT molecular complexity index is 554. The summed E-state index contributed by atoms with van der Waals surface area (Å²) in [5.41, 5.74) is 2.05. The first kappa shape index (κ1) is 14.9. The Morgan fingerprint density at radius 1 is 1.40 bits per heavy atom. The van der Waals surface area contributed by atoms with Crippen LogP contribution in [0.2, 0.25) is 5.02 Å². The molecule has 1 heterocycles. The molecule has 5 heteroatoms. The molecule has 0 aliphatic heterocycles. The summed E-state index contributed by atoms with van der Waals surface area (Å²) in [6.45, 7) is 4.32. The van der Waals surface area contributed by atoms with Gasteiger partial charge in [-0.25, -0.2) is 0 Å². The lowest BCUT2D eigenvalue weighted by Gasteiger charge is -2.13. The van der Waals surface area contributed by atoms with E-state index in [1.54, 1.807) is 10.9 Å². The third-order valence-electron chi connectivity index (χ3n) is 2.96. The molecule has 0 radical (unpaired) electrons. The topological polar surface area (TPSA) is 39.1 Å². The number of nitrogens with zero attached hydrogens (tertiary/aromatic N) is 2. The van der Waals surface area contributed by atoms with E-state index in [1.807, 2.05) is 31.4 Å². The molecule has 0 unspecified atom stereocenters. The fraction of sp³-hybridized carbons (Fsp3) is 0.400. The third kappa shape index (κ3) is 3.99. The van der Waals surface area contributed by atoms with Gasteiger partial charge >= 0.3 is 0 Å². The van der Waals surface area contributed by atoms with Gasteiger partial charge in [0.1, 0.15) is 12.4 Å². The molecule has 2 aromatic rings. The first-order valence-corrected chi connectivity index (χ1v) is 7.17. The van der Waals surface area contributed by atoms with Gasteiger partial charge in [-0.05, 0) is 25.1 Å². The fourth-order valence-electron chi connectivity index (χ4n) is 1.94. The Hall–Kier alpha value is -1.52. The number of nitrogens with one attached hydrogen (secondary N) is 1. The monoisotopic (exact) mass is 293 g/mol. The van der Waals surface area contributed by atoms with Crippen LogP contribution in [-0.2, 0) is 20.2 Å². The molecule has 1 N–H and O–H groups in total. The largest absolute Gasteiger partial charge is 0.488 e. The SMILES string of the molecule is CCCNCc1c(Cl)cccc1OCc1cnn(C)c1. The minimum atomic E-state index is 0.495. The lowest BCUT2D eigenvalue weighted by Crippen LogP contribution is -2.15. The Kier molecular flexibility index (Phi) is 5.44. The van der Waals surface area contributed by atoms with Crippen molar-refractivity contribution in [1.29, 1.82) is 0 Å². The van der Waals surface area contributed by atoms with E-state index in [2.05, 4.69) is 17.3 Å². The predicted molar refractivity (Wildman–Crippen MR) is 81.0 cm³/mol. The molecule has 0 saturated carbocycles. The Morgan fingerprint density at radius 3 is 2.95 bits per heavy atom. The van der Waals surface area contributed by atoms with E-state index in [-0.39, 0.29) is 0 Å². The molecule has 20 heavy (non-hydrogen) atoms. The highest BCUT2D eigenvalue weighted by Crippen LogP contribution is 2.27. The van der Waals surface area contributed by atoms with Crippen molar-refractivity contribution in [1.82, 2.24) is 15.1 Å². The summed E-state index contributed by atoms with van der Waals surface area (Å²) in [6, 6.07) is 5.75. The quantitative estimate of drug-likeness (QED) is 0.797. The van der Waals surface area contributed by atoms with E-state index in [4.69, 9.17) is 16.3 Å². The molecule has 0 atom stereocenters. The maximum absolute atomic E-state index is 6.26. The van der Waals surface area contributed by atoms with Gasteiger partial charge in [-0.3, -0.25) is 4.68 Å². The number of hydrogen-bond donors (Lipinski definition) is 1. The van der Waals surface area contributed by atoms with Crippen LogP contribution in [0.4, 0.5) is 0 Å².